The zero-order valence-electron chi connectivity index (χ0n) is 19.5. The molecule has 0 aliphatic carbocycles. The number of carbonyl (C=O) groups excluding carboxylic acids is 1. The Kier molecular flexibility index (Phi) is 7.84. The molecule has 1 aromatic carbocycles. The van der Waals surface area contributed by atoms with Gasteiger partial charge in [0.1, 0.15) is 12.4 Å². The number of amides is 1. The number of nitriles is 1. The van der Waals surface area contributed by atoms with Gasteiger partial charge in [0.2, 0.25) is 12.2 Å². The van der Waals surface area contributed by atoms with Crippen LogP contribution in [0.25, 0.3) is 22.6 Å². The summed E-state index contributed by atoms with van der Waals surface area (Å²) < 4.78 is 30.7. The lowest BCUT2D eigenvalue weighted by Crippen LogP contribution is -2.48. The second kappa shape index (κ2) is 11.2. The SMILES string of the molecule is CC1(C(=O)NCC#N)COC(c2nc(-c3ccc(F)cc3)c(-c3ccnc(OCCCO)n3)[nH]2)OC1. The summed E-state index contributed by atoms with van der Waals surface area (Å²) in [5, 5.41) is 20.2. The number of aromatic nitrogens is 4. The number of aromatic amines is 1. The highest BCUT2D eigenvalue weighted by atomic mass is 19.1. The molecule has 12 heteroatoms. The van der Waals surface area contributed by atoms with Crippen LogP contribution in [0.3, 0.4) is 0 Å². The fourth-order valence-electron chi connectivity index (χ4n) is 3.51. The van der Waals surface area contributed by atoms with Crippen LogP contribution in [0, 0.1) is 22.6 Å². The Morgan fingerprint density at radius 1 is 1.31 bits per heavy atom. The van der Waals surface area contributed by atoms with E-state index in [1.165, 1.54) is 18.3 Å². The summed E-state index contributed by atoms with van der Waals surface area (Å²) in [7, 11) is 0. The summed E-state index contributed by atoms with van der Waals surface area (Å²) in [6.45, 7) is 1.92. The maximum absolute atomic E-state index is 13.6. The fourth-order valence-corrected chi connectivity index (χ4v) is 3.51. The normalized spacial score (nSPS) is 19.4. The number of ether oxygens (including phenoxy) is 3. The summed E-state index contributed by atoms with van der Waals surface area (Å²) in [4.78, 5) is 28.7. The van der Waals surface area contributed by atoms with Gasteiger partial charge in [0.05, 0.1) is 48.4 Å². The Hall–Kier alpha value is -3.92. The molecular formula is C24H25FN6O5. The number of rotatable bonds is 9. The van der Waals surface area contributed by atoms with Crippen LogP contribution < -0.4 is 10.1 Å². The first-order chi connectivity index (χ1) is 17.4. The molecule has 0 spiro atoms. The second-order valence-electron chi connectivity index (χ2n) is 8.36. The monoisotopic (exact) mass is 496 g/mol. The number of carbonyl (C=O) groups is 1. The Morgan fingerprint density at radius 3 is 2.75 bits per heavy atom. The van der Waals surface area contributed by atoms with Crippen molar-refractivity contribution in [3.63, 3.8) is 0 Å². The van der Waals surface area contributed by atoms with Crippen molar-refractivity contribution in [3.8, 4) is 34.7 Å². The van der Waals surface area contributed by atoms with Crippen molar-refractivity contribution < 1.29 is 28.5 Å². The lowest BCUT2D eigenvalue weighted by molar-refractivity contribution is -0.230. The van der Waals surface area contributed by atoms with Gasteiger partial charge in [0, 0.05) is 24.8 Å². The van der Waals surface area contributed by atoms with E-state index in [4.69, 9.17) is 24.6 Å². The summed E-state index contributed by atoms with van der Waals surface area (Å²) in [6, 6.07) is 9.52. The molecule has 1 saturated heterocycles. The van der Waals surface area contributed by atoms with Crippen LogP contribution in [-0.2, 0) is 14.3 Å². The molecule has 1 aliphatic rings. The summed E-state index contributed by atoms with van der Waals surface area (Å²) >= 11 is 0. The molecule has 0 bridgehead atoms. The van der Waals surface area contributed by atoms with Gasteiger partial charge >= 0.3 is 6.01 Å². The number of aliphatic hydroxyl groups is 1. The van der Waals surface area contributed by atoms with Gasteiger partial charge in [-0.05, 0) is 37.3 Å². The topological polar surface area (TPSA) is 155 Å². The van der Waals surface area contributed by atoms with E-state index in [1.54, 1.807) is 25.1 Å². The fraction of sp³-hybridized carbons (Fsp3) is 0.375. The van der Waals surface area contributed by atoms with E-state index in [0.717, 1.165) is 0 Å². The highest BCUT2D eigenvalue weighted by Crippen LogP contribution is 2.35. The lowest BCUT2D eigenvalue weighted by Gasteiger charge is -2.35. The summed E-state index contributed by atoms with van der Waals surface area (Å²) in [6.07, 6.45) is 1.08. The molecule has 188 valence electrons. The molecule has 1 aliphatic heterocycles. The molecule has 36 heavy (non-hydrogen) atoms. The minimum atomic E-state index is -0.962. The molecule has 1 fully saturated rings. The standard InChI is InChI=1S/C24H25FN6O5/c1-24(22(33)27-10-8-26)13-35-21(36-14-24)20-30-18(15-3-5-16(25)6-4-15)19(31-20)17-7-9-28-23(29-17)34-12-2-11-32/h3-7,9,21,32H,2,10-14H2,1H3,(H,27,33)(H,30,31). The summed E-state index contributed by atoms with van der Waals surface area (Å²) in [5.74, 6) is -0.389. The van der Waals surface area contributed by atoms with Gasteiger partial charge in [-0.1, -0.05) is 0 Å². The first-order valence-corrected chi connectivity index (χ1v) is 11.2. The van der Waals surface area contributed by atoms with Crippen molar-refractivity contribution in [2.24, 2.45) is 5.41 Å². The number of hydrogen-bond acceptors (Lipinski definition) is 9. The van der Waals surface area contributed by atoms with Gasteiger partial charge in [-0.25, -0.2) is 14.4 Å². The van der Waals surface area contributed by atoms with E-state index < -0.39 is 11.7 Å². The second-order valence-corrected chi connectivity index (χ2v) is 8.36. The van der Waals surface area contributed by atoms with Gasteiger partial charge < -0.3 is 29.6 Å². The molecule has 11 nitrogen and oxygen atoms in total. The molecule has 2 aromatic heterocycles. The molecule has 0 radical (unpaired) electrons. The minimum Gasteiger partial charge on any atom is -0.463 e. The first kappa shape index (κ1) is 25.2. The summed E-state index contributed by atoms with van der Waals surface area (Å²) in [5.41, 5.74) is 1.14. The van der Waals surface area contributed by atoms with E-state index in [9.17, 15) is 9.18 Å². The zero-order valence-corrected chi connectivity index (χ0v) is 19.5. The van der Waals surface area contributed by atoms with Gasteiger partial charge in [0.25, 0.3) is 0 Å². The third-order valence-corrected chi connectivity index (χ3v) is 5.47. The van der Waals surface area contributed by atoms with Gasteiger partial charge in [0.15, 0.2) is 5.82 Å². The van der Waals surface area contributed by atoms with Crippen LogP contribution in [0.2, 0.25) is 0 Å². The van der Waals surface area contributed by atoms with Crippen molar-refractivity contribution in [2.45, 2.75) is 19.6 Å². The van der Waals surface area contributed by atoms with Crippen LogP contribution in [0.15, 0.2) is 36.5 Å². The van der Waals surface area contributed by atoms with Crippen molar-refractivity contribution in [3.05, 3.63) is 48.2 Å². The largest absolute Gasteiger partial charge is 0.463 e. The Morgan fingerprint density at radius 2 is 2.06 bits per heavy atom. The molecule has 0 atom stereocenters. The number of benzene rings is 1. The van der Waals surface area contributed by atoms with Crippen LogP contribution in [-0.4, -0.2) is 63.9 Å². The lowest BCUT2D eigenvalue weighted by atomic mass is 9.91. The Bertz CT molecular complexity index is 1230. The number of nitrogens with one attached hydrogen (secondary N) is 2. The van der Waals surface area contributed by atoms with Crippen LogP contribution in [0.4, 0.5) is 4.39 Å². The van der Waals surface area contributed by atoms with E-state index in [1.807, 2.05) is 6.07 Å². The highest BCUT2D eigenvalue weighted by Gasteiger charge is 2.40. The van der Waals surface area contributed by atoms with Crippen molar-refractivity contribution >= 4 is 5.91 Å². The van der Waals surface area contributed by atoms with E-state index in [2.05, 4.69) is 25.3 Å². The number of imidazole rings is 1. The maximum Gasteiger partial charge on any atom is 0.316 e. The predicted molar refractivity (Wildman–Crippen MR) is 124 cm³/mol. The molecule has 3 aromatic rings. The number of halogens is 1. The molecule has 3 N–H and O–H groups in total. The highest BCUT2D eigenvalue weighted by molar-refractivity contribution is 5.82. The maximum atomic E-state index is 13.6. The minimum absolute atomic E-state index is 0.0151. The van der Waals surface area contributed by atoms with Gasteiger partial charge in [-0.3, -0.25) is 4.79 Å². The molecular weight excluding hydrogens is 471 g/mol. The molecule has 0 saturated carbocycles. The third-order valence-electron chi connectivity index (χ3n) is 5.47. The Labute approximate surface area is 206 Å². The van der Waals surface area contributed by atoms with Crippen LogP contribution in [0.1, 0.15) is 25.5 Å². The predicted octanol–water partition coefficient (Wildman–Crippen LogP) is 2.13. The smallest absolute Gasteiger partial charge is 0.316 e. The van der Waals surface area contributed by atoms with E-state index in [0.29, 0.717) is 34.9 Å². The molecule has 3 heterocycles. The van der Waals surface area contributed by atoms with Gasteiger partial charge in [-0.15, -0.1) is 0 Å². The van der Waals surface area contributed by atoms with Crippen molar-refractivity contribution in [1.29, 1.82) is 5.26 Å². The van der Waals surface area contributed by atoms with Crippen LogP contribution >= 0.6 is 0 Å². The van der Waals surface area contributed by atoms with Gasteiger partial charge in [-0.2, -0.15) is 10.2 Å². The third kappa shape index (κ3) is 5.65. The van der Waals surface area contributed by atoms with Crippen molar-refractivity contribution in [2.75, 3.05) is 33.0 Å². The van der Waals surface area contributed by atoms with E-state index >= 15 is 0 Å². The molecule has 0 unspecified atom stereocenters. The quantitative estimate of drug-likeness (QED) is 0.298. The van der Waals surface area contributed by atoms with Crippen molar-refractivity contribution in [1.82, 2.24) is 25.3 Å². The number of nitrogens with zero attached hydrogens (tertiary/aromatic N) is 4. The number of H-pyrrole nitrogens is 1. The van der Waals surface area contributed by atoms with Crippen LogP contribution in [0.5, 0.6) is 6.01 Å². The average Bonchev–Trinajstić information content (AvgIpc) is 3.34. The first-order valence-electron chi connectivity index (χ1n) is 11.2. The Balaban J connectivity index is 1.62. The number of hydrogen-bond donors (Lipinski definition) is 3. The average molecular weight is 496 g/mol. The molecule has 1 amide bonds. The zero-order chi connectivity index (χ0) is 25.5. The molecule has 4 rings (SSSR count). The van der Waals surface area contributed by atoms with E-state index in [-0.39, 0.29) is 50.7 Å². The number of aliphatic hydroxyl groups excluding tert-OH is 1.